The van der Waals surface area contributed by atoms with Gasteiger partial charge in [-0.1, -0.05) is 6.07 Å². The summed E-state index contributed by atoms with van der Waals surface area (Å²) in [5.74, 6) is -0.178. The summed E-state index contributed by atoms with van der Waals surface area (Å²) in [6.45, 7) is 3.80. The van der Waals surface area contributed by atoms with Crippen LogP contribution in [0.2, 0.25) is 0 Å². The quantitative estimate of drug-likeness (QED) is 0.608. The summed E-state index contributed by atoms with van der Waals surface area (Å²) in [6, 6.07) is 6.52. The van der Waals surface area contributed by atoms with E-state index >= 15 is 0 Å². The maximum absolute atomic E-state index is 11.6. The predicted octanol–water partition coefficient (Wildman–Crippen LogP) is 3.22. The molecule has 0 amide bonds. The number of fused-ring (bicyclic) bond motifs is 1. The van der Waals surface area contributed by atoms with Crippen molar-refractivity contribution >= 4 is 17.7 Å². The molecular formula is C14H18O2S. The van der Waals surface area contributed by atoms with Gasteiger partial charge in [0.05, 0.1) is 7.11 Å². The summed E-state index contributed by atoms with van der Waals surface area (Å²) in [6.07, 6.45) is 3.62. The first-order chi connectivity index (χ1) is 8.03. The molecule has 1 aliphatic rings. The third-order valence-electron chi connectivity index (χ3n) is 3.12. The Hall–Kier alpha value is -0.960. The number of hydrogen-bond donors (Lipinski definition) is 0. The molecule has 1 aromatic rings. The lowest BCUT2D eigenvalue weighted by Crippen LogP contribution is -2.28. The summed E-state index contributed by atoms with van der Waals surface area (Å²) in [4.78, 5) is 12.8. The molecule has 2 rings (SSSR count). The van der Waals surface area contributed by atoms with E-state index in [1.54, 1.807) is 11.8 Å². The van der Waals surface area contributed by atoms with Crippen LogP contribution in [0.15, 0.2) is 23.1 Å². The number of ether oxygens (including phenoxy) is 1. The van der Waals surface area contributed by atoms with E-state index in [0.29, 0.717) is 0 Å². The monoisotopic (exact) mass is 250 g/mol. The number of carbonyl (C=O) groups is 1. The smallest absolute Gasteiger partial charge is 0.321 e. The highest BCUT2D eigenvalue weighted by Crippen LogP contribution is 2.35. The Kier molecular flexibility index (Phi) is 3.48. The first-order valence-electron chi connectivity index (χ1n) is 5.92. The summed E-state index contributed by atoms with van der Waals surface area (Å²) in [5.41, 5.74) is 2.90. The molecule has 0 saturated carbocycles. The van der Waals surface area contributed by atoms with Crippen molar-refractivity contribution in [3.05, 3.63) is 29.3 Å². The number of carbonyl (C=O) groups excluding carboxylic acids is 1. The average Bonchev–Trinajstić information content (AvgIpc) is 2.74. The van der Waals surface area contributed by atoms with E-state index in [-0.39, 0.29) is 5.97 Å². The van der Waals surface area contributed by atoms with Gasteiger partial charge in [0.2, 0.25) is 0 Å². The van der Waals surface area contributed by atoms with Gasteiger partial charge in [-0.05, 0) is 56.4 Å². The van der Waals surface area contributed by atoms with Gasteiger partial charge in [-0.2, -0.15) is 0 Å². The molecule has 0 aliphatic heterocycles. The minimum atomic E-state index is -0.526. The largest absolute Gasteiger partial charge is 0.468 e. The van der Waals surface area contributed by atoms with E-state index < -0.39 is 4.75 Å². The number of rotatable bonds is 3. The minimum absolute atomic E-state index is 0.178. The highest BCUT2D eigenvalue weighted by atomic mass is 32.2. The van der Waals surface area contributed by atoms with Crippen molar-refractivity contribution in [2.24, 2.45) is 0 Å². The molecule has 0 bridgehead atoms. The maximum Gasteiger partial charge on any atom is 0.321 e. The Labute approximate surface area is 107 Å². The average molecular weight is 250 g/mol. The molecular weight excluding hydrogens is 232 g/mol. The topological polar surface area (TPSA) is 26.3 Å². The zero-order chi connectivity index (χ0) is 12.5. The SMILES string of the molecule is COC(=O)C(C)(C)Sc1ccc2c(c1)CCC2. The molecule has 92 valence electrons. The molecule has 0 heterocycles. The highest BCUT2D eigenvalue weighted by Gasteiger charge is 2.30. The van der Waals surface area contributed by atoms with Gasteiger partial charge in [-0.15, -0.1) is 11.8 Å². The second kappa shape index (κ2) is 4.73. The Balaban J connectivity index is 2.16. The molecule has 0 radical (unpaired) electrons. The molecule has 0 unspecified atom stereocenters. The van der Waals surface area contributed by atoms with Gasteiger partial charge in [0.25, 0.3) is 0 Å². The Morgan fingerprint density at radius 2 is 2.00 bits per heavy atom. The van der Waals surface area contributed by atoms with Gasteiger partial charge in [0, 0.05) is 4.90 Å². The van der Waals surface area contributed by atoms with Crippen LogP contribution in [0.5, 0.6) is 0 Å². The third-order valence-corrected chi connectivity index (χ3v) is 4.29. The molecule has 0 aromatic heterocycles. The van der Waals surface area contributed by atoms with Crippen LogP contribution in [0.1, 0.15) is 31.4 Å². The van der Waals surface area contributed by atoms with E-state index in [0.717, 1.165) is 4.90 Å². The Morgan fingerprint density at radius 1 is 1.29 bits per heavy atom. The number of thioether (sulfide) groups is 1. The second-order valence-electron chi connectivity index (χ2n) is 4.89. The van der Waals surface area contributed by atoms with Gasteiger partial charge in [-0.3, -0.25) is 4.79 Å². The van der Waals surface area contributed by atoms with E-state index in [1.807, 2.05) is 13.8 Å². The Morgan fingerprint density at radius 3 is 2.71 bits per heavy atom. The van der Waals surface area contributed by atoms with Gasteiger partial charge >= 0.3 is 5.97 Å². The fourth-order valence-corrected chi connectivity index (χ4v) is 3.29. The number of methoxy groups -OCH3 is 1. The molecule has 2 nitrogen and oxygen atoms in total. The van der Waals surface area contributed by atoms with Crippen LogP contribution in [-0.2, 0) is 22.4 Å². The van der Waals surface area contributed by atoms with Crippen LogP contribution in [0, 0.1) is 0 Å². The highest BCUT2D eigenvalue weighted by molar-refractivity contribution is 8.01. The number of esters is 1. The van der Waals surface area contributed by atoms with Crippen LogP contribution in [-0.4, -0.2) is 17.8 Å². The van der Waals surface area contributed by atoms with Gasteiger partial charge in [0.1, 0.15) is 4.75 Å². The molecule has 1 aromatic carbocycles. The molecule has 0 saturated heterocycles. The lowest BCUT2D eigenvalue weighted by atomic mass is 10.1. The van der Waals surface area contributed by atoms with Gasteiger partial charge in [0.15, 0.2) is 0 Å². The number of hydrogen-bond acceptors (Lipinski definition) is 3. The van der Waals surface area contributed by atoms with Crippen LogP contribution in [0.3, 0.4) is 0 Å². The van der Waals surface area contributed by atoms with Gasteiger partial charge in [-0.25, -0.2) is 0 Å². The van der Waals surface area contributed by atoms with Crippen molar-refractivity contribution in [2.75, 3.05) is 7.11 Å². The maximum atomic E-state index is 11.6. The van der Waals surface area contributed by atoms with Crippen LogP contribution >= 0.6 is 11.8 Å². The fourth-order valence-electron chi connectivity index (χ4n) is 2.19. The van der Waals surface area contributed by atoms with E-state index in [9.17, 15) is 4.79 Å². The van der Waals surface area contributed by atoms with E-state index in [1.165, 1.54) is 37.5 Å². The standard InChI is InChI=1S/C14H18O2S/c1-14(2,13(15)16-3)17-12-8-7-10-5-4-6-11(10)9-12/h7-9H,4-6H2,1-3H3. The first-order valence-corrected chi connectivity index (χ1v) is 6.74. The number of aryl methyl sites for hydroxylation is 2. The molecule has 0 N–H and O–H groups in total. The molecule has 0 fully saturated rings. The summed E-state index contributed by atoms with van der Waals surface area (Å²) in [5, 5.41) is 0. The summed E-state index contributed by atoms with van der Waals surface area (Å²) >= 11 is 1.57. The molecule has 3 heteroatoms. The van der Waals surface area contributed by atoms with Crippen molar-refractivity contribution in [1.82, 2.24) is 0 Å². The fraction of sp³-hybridized carbons (Fsp3) is 0.500. The molecule has 0 atom stereocenters. The zero-order valence-electron chi connectivity index (χ0n) is 10.6. The third kappa shape index (κ3) is 2.65. The predicted molar refractivity (Wildman–Crippen MR) is 70.4 cm³/mol. The van der Waals surface area contributed by atoms with Crippen LogP contribution < -0.4 is 0 Å². The van der Waals surface area contributed by atoms with Crippen molar-refractivity contribution in [3.63, 3.8) is 0 Å². The molecule has 0 spiro atoms. The van der Waals surface area contributed by atoms with Gasteiger partial charge < -0.3 is 4.74 Å². The zero-order valence-corrected chi connectivity index (χ0v) is 11.4. The summed E-state index contributed by atoms with van der Waals surface area (Å²) in [7, 11) is 1.44. The van der Waals surface area contributed by atoms with E-state index in [4.69, 9.17) is 4.74 Å². The minimum Gasteiger partial charge on any atom is -0.468 e. The lowest BCUT2D eigenvalue weighted by molar-refractivity contribution is -0.142. The molecule has 1 aliphatic carbocycles. The van der Waals surface area contributed by atoms with Crippen molar-refractivity contribution in [2.45, 2.75) is 42.8 Å². The summed E-state index contributed by atoms with van der Waals surface area (Å²) < 4.78 is 4.29. The van der Waals surface area contributed by atoms with Crippen LogP contribution in [0.25, 0.3) is 0 Å². The van der Waals surface area contributed by atoms with E-state index in [2.05, 4.69) is 18.2 Å². The Bertz CT molecular complexity index is 438. The van der Waals surface area contributed by atoms with Crippen molar-refractivity contribution in [3.8, 4) is 0 Å². The van der Waals surface area contributed by atoms with Crippen molar-refractivity contribution < 1.29 is 9.53 Å². The van der Waals surface area contributed by atoms with Crippen molar-refractivity contribution in [1.29, 1.82) is 0 Å². The normalized spacial score (nSPS) is 14.5. The lowest BCUT2D eigenvalue weighted by Gasteiger charge is -2.21. The number of benzene rings is 1. The van der Waals surface area contributed by atoms with Crippen LogP contribution in [0.4, 0.5) is 0 Å². The second-order valence-corrected chi connectivity index (χ2v) is 6.58. The molecule has 17 heavy (non-hydrogen) atoms. The first kappa shape index (κ1) is 12.5.